The Bertz CT molecular complexity index is 138. The third-order valence-corrected chi connectivity index (χ3v) is 1.82. The van der Waals surface area contributed by atoms with Gasteiger partial charge in [0.05, 0.1) is 0 Å². The summed E-state index contributed by atoms with van der Waals surface area (Å²) in [6.45, 7) is 6.64. The summed E-state index contributed by atoms with van der Waals surface area (Å²) in [5.41, 5.74) is 0.392. The van der Waals surface area contributed by atoms with Crippen LogP contribution in [0.5, 0.6) is 0 Å². The molecule has 0 amide bonds. The molecule has 0 atom stereocenters. The van der Waals surface area contributed by atoms with E-state index < -0.39 is 5.97 Å². The van der Waals surface area contributed by atoms with E-state index in [4.69, 9.17) is 5.11 Å². The molecule has 3 heteroatoms. The average molecular weight is 312 g/mol. The Morgan fingerprint density at radius 3 is 2.08 bits per heavy atom. The van der Waals surface area contributed by atoms with E-state index in [0.717, 1.165) is 19.3 Å². The molecule has 2 nitrogen and oxygen atoms in total. The number of hydrogen-bond donors (Lipinski definition) is 1. The third-order valence-electron chi connectivity index (χ3n) is 1.82. The molecule has 0 rings (SSSR count). The van der Waals surface area contributed by atoms with Crippen LogP contribution in [0.3, 0.4) is 0 Å². The Morgan fingerprint density at radius 2 is 1.69 bits per heavy atom. The Kier molecular flexibility index (Phi) is 10.2. The van der Waals surface area contributed by atoms with Crippen molar-refractivity contribution >= 4 is 5.97 Å². The summed E-state index contributed by atoms with van der Waals surface area (Å²) < 4.78 is 0. The van der Waals surface area contributed by atoms with Gasteiger partial charge in [-0.2, -0.15) is 0 Å². The van der Waals surface area contributed by atoms with Gasteiger partial charge in [-0.15, -0.1) is 0 Å². The predicted molar refractivity (Wildman–Crippen MR) is 50.2 cm³/mol. The molecular formula is C10H20CeO2. The molecule has 0 saturated carbocycles. The van der Waals surface area contributed by atoms with Gasteiger partial charge in [0.25, 0.3) is 0 Å². The van der Waals surface area contributed by atoms with E-state index in [1.807, 2.05) is 0 Å². The first kappa shape index (κ1) is 16.3. The van der Waals surface area contributed by atoms with Gasteiger partial charge in [0, 0.05) is 48.2 Å². The number of carbonyl (C=O) groups is 1. The summed E-state index contributed by atoms with van der Waals surface area (Å²) >= 11 is 0. The molecule has 0 radical (unpaired) electrons. The van der Waals surface area contributed by atoms with Crippen molar-refractivity contribution in [1.29, 1.82) is 0 Å². The molecule has 0 bridgehead atoms. The number of unbranched alkanes of at least 4 members (excludes halogenated alkanes) is 2. The molecule has 0 aromatic heterocycles. The summed E-state index contributed by atoms with van der Waals surface area (Å²) in [6.07, 6.45) is 4.53. The maximum absolute atomic E-state index is 10.2. The van der Waals surface area contributed by atoms with Gasteiger partial charge in [0.2, 0.25) is 0 Å². The number of carboxylic acids is 1. The van der Waals surface area contributed by atoms with E-state index in [0.29, 0.717) is 11.8 Å². The van der Waals surface area contributed by atoms with Crippen LogP contribution in [0.2, 0.25) is 0 Å². The normalized spacial score (nSPS) is 10.7. The number of rotatable bonds is 5. The Morgan fingerprint density at radius 1 is 1.15 bits per heavy atom. The summed E-state index contributed by atoms with van der Waals surface area (Å²) in [6, 6.07) is 0. The molecule has 0 aliphatic carbocycles. The van der Waals surface area contributed by atoms with Gasteiger partial charge in [-0.1, -0.05) is 33.6 Å². The zero-order chi connectivity index (χ0) is 9.61. The van der Waals surface area contributed by atoms with Crippen molar-refractivity contribution in [2.24, 2.45) is 5.41 Å². The minimum atomic E-state index is -0.675. The topological polar surface area (TPSA) is 37.3 Å². The molecule has 0 spiro atoms. The molecule has 76 valence electrons. The fourth-order valence-corrected chi connectivity index (χ4v) is 1.11. The van der Waals surface area contributed by atoms with Crippen LogP contribution in [0.15, 0.2) is 0 Å². The number of aliphatic carboxylic acids is 1. The van der Waals surface area contributed by atoms with Crippen molar-refractivity contribution < 1.29 is 51.6 Å². The van der Waals surface area contributed by atoms with Gasteiger partial charge in [-0.05, 0) is 18.3 Å². The van der Waals surface area contributed by atoms with Crippen LogP contribution in [0.4, 0.5) is 0 Å². The van der Waals surface area contributed by atoms with Crippen LogP contribution in [-0.2, 0) is 4.79 Å². The van der Waals surface area contributed by atoms with Crippen LogP contribution in [0, 0.1) is 47.2 Å². The van der Waals surface area contributed by atoms with E-state index in [2.05, 4.69) is 20.8 Å². The second-order valence-corrected chi connectivity index (χ2v) is 4.52. The fourth-order valence-electron chi connectivity index (χ4n) is 1.11. The summed E-state index contributed by atoms with van der Waals surface area (Å²) in [5.74, 6) is -0.675. The molecule has 0 aromatic carbocycles. The van der Waals surface area contributed by atoms with Crippen LogP contribution in [-0.4, -0.2) is 11.1 Å². The summed E-state index contributed by atoms with van der Waals surface area (Å²) in [4.78, 5) is 10.2. The van der Waals surface area contributed by atoms with E-state index in [9.17, 15) is 4.79 Å². The summed E-state index contributed by atoms with van der Waals surface area (Å²) in [5, 5.41) is 8.37. The third kappa shape index (κ3) is 15.6. The number of carboxylic acid groups (broad SMARTS) is 1. The van der Waals surface area contributed by atoms with Crippen LogP contribution in [0.1, 0.15) is 52.9 Å². The first-order valence-corrected chi connectivity index (χ1v) is 4.63. The van der Waals surface area contributed by atoms with Crippen LogP contribution < -0.4 is 0 Å². The molecule has 13 heavy (non-hydrogen) atoms. The summed E-state index contributed by atoms with van der Waals surface area (Å²) in [7, 11) is 0. The molecule has 0 heterocycles. The Balaban J connectivity index is 0. The minimum Gasteiger partial charge on any atom is -0.481 e. The number of hydrogen-bond acceptors (Lipinski definition) is 1. The second-order valence-electron chi connectivity index (χ2n) is 4.52. The van der Waals surface area contributed by atoms with E-state index in [1.54, 1.807) is 0 Å². The molecule has 0 unspecified atom stereocenters. The van der Waals surface area contributed by atoms with Crippen molar-refractivity contribution in [3.05, 3.63) is 0 Å². The monoisotopic (exact) mass is 312 g/mol. The molecule has 0 fully saturated rings. The molecule has 0 saturated heterocycles. The smallest absolute Gasteiger partial charge is 0.303 e. The van der Waals surface area contributed by atoms with Crippen molar-refractivity contribution in [3.8, 4) is 0 Å². The standard InChI is InChI=1S/C10H20O2.Ce/c1-10(2,3)8-6-4-5-7-9(11)12;/h4-8H2,1-3H3,(H,11,12);. The maximum atomic E-state index is 10.2. The van der Waals surface area contributed by atoms with Crippen molar-refractivity contribution in [2.75, 3.05) is 0 Å². The van der Waals surface area contributed by atoms with Crippen molar-refractivity contribution in [1.82, 2.24) is 0 Å². The maximum Gasteiger partial charge on any atom is 0.303 e. The largest absolute Gasteiger partial charge is 0.481 e. The second kappa shape index (κ2) is 8.18. The SMILES string of the molecule is CC(C)(C)CCCCCC(=O)O.[Ce]. The molecule has 0 aromatic rings. The minimum absolute atomic E-state index is 0. The van der Waals surface area contributed by atoms with Gasteiger partial charge in [0.1, 0.15) is 0 Å². The average Bonchev–Trinajstić information content (AvgIpc) is 1.83. The van der Waals surface area contributed by atoms with Crippen molar-refractivity contribution in [2.45, 2.75) is 52.9 Å². The zero-order valence-electron chi connectivity index (χ0n) is 8.89. The first-order valence-electron chi connectivity index (χ1n) is 4.63. The molecule has 0 aliphatic rings. The van der Waals surface area contributed by atoms with Gasteiger partial charge in [-0.3, -0.25) is 4.79 Å². The van der Waals surface area contributed by atoms with E-state index in [-0.39, 0.29) is 41.7 Å². The van der Waals surface area contributed by atoms with Gasteiger partial charge < -0.3 is 5.11 Å². The molecule has 0 aliphatic heterocycles. The van der Waals surface area contributed by atoms with Crippen LogP contribution >= 0.6 is 0 Å². The Labute approximate surface area is 115 Å². The zero-order valence-corrected chi connectivity index (χ0v) is 12.0. The first-order chi connectivity index (χ1) is 5.42. The molecular weight excluding hydrogens is 292 g/mol. The van der Waals surface area contributed by atoms with Gasteiger partial charge >= 0.3 is 5.97 Å². The van der Waals surface area contributed by atoms with Gasteiger partial charge in [0.15, 0.2) is 0 Å². The fraction of sp³-hybridized carbons (Fsp3) is 0.900. The van der Waals surface area contributed by atoms with Crippen molar-refractivity contribution in [3.63, 3.8) is 0 Å². The Hall–Kier alpha value is 0.847. The predicted octanol–water partition coefficient (Wildman–Crippen LogP) is 3.07. The van der Waals surface area contributed by atoms with Gasteiger partial charge in [-0.25, -0.2) is 0 Å². The van der Waals surface area contributed by atoms with E-state index >= 15 is 0 Å². The van der Waals surface area contributed by atoms with Crippen LogP contribution in [0.25, 0.3) is 0 Å². The quantitative estimate of drug-likeness (QED) is 0.792. The van der Waals surface area contributed by atoms with E-state index in [1.165, 1.54) is 6.42 Å². The molecule has 1 N–H and O–H groups in total.